The van der Waals surface area contributed by atoms with Gasteiger partial charge in [0.25, 0.3) is 0 Å². The number of hydrogen-bond acceptors (Lipinski definition) is 4. The van der Waals surface area contributed by atoms with E-state index in [1.807, 2.05) is 54.6 Å². The molecule has 0 atom stereocenters. The van der Waals surface area contributed by atoms with Crippen molar-refractivity contribution in [3.05, 3.63) is 60.2 Å². The summed E-state index contributed by atoms with van der Waals surface area (Å²) < 4.78 is 15.7. The van der Waals surface area contributed by atoms with Crippen LogP contribution in [0.15, 0.2) is 54.6 Å². The molecule has 5 heteroatoms. The zero-order valence-corrected chi connectivity index (χ0v) is 13.2. The lowest BCUT2D eigenvalue weighted by Gasteiger charge is -2.08. The highest BCUT2D eigenvalue weighted by Crippen LogP contribution is 2.20. The average Bonchev–Trinajstić information content (AvgIpc) is 2.59. The fraction of sp³-hybridized carbons (Fsp3) is 0.278. The molecule has 0 saturated heterocycles. The van der Waals surface area contributed by atoms with Crippen LogP contribution < -0.4 is 10.1 Å². The van der Waals surface area contributed by atoms with Crippen LogP contribution in [0, 0.1) is 0 Å². The van der Waals surface area contributed by atoms with Crippen molar-refractivity contribution in [2.24, 2.45) is 0 Å². The van der Waals surface area contributed by atoms with Crippen LogP contribution in [0.1, 0.15) is 5.56 Å². The highest BCUT2D eigenvalue weighted by molar-refractivity contribution is 5.77. The number of hydrogen-bond donors (Lipinski definition) is 1. The molecule has 0 spiro atoms. The number of carbonyl (C=O) groups is 1. The van der Waals surface area contributed by atoms with Crippen molar-refractivity contribution in [2.45, 2.75) is 6.54 Å². The summed E-state index contributed by atoms with van der Waals surface area (Å²) in [6.45, 7) is 1.39. The van der Waals surface area contributed by atoms with Gasteiger partial charge in [-0.15, -0.1) is 0 Å². The number of amides is 1. The van der Waals surface area contributed by atoms with E-state index in [9.17, 15) is 4.79 Å². The van der Waals surface area contributed by atoms with Gasteiger partial charge in [-0.3, -0.25) is 4.79 Å². The predicted octanol–water partition coefficient (Wildman–Crippen LogP) is 2.76. The van der Waals surface area contributed by atoms with Crippen LogP contribution in [-0.2, 0) is 20.8 Å². The first kappa shape index (κ1) is 17.0. The second-order valence-corrected chi connectivity index (χ2v) is 4.88. The van der Waals surface area contributed by atoms with Gasteiger partial charge in [-0.1, -0.05) is 30.3 Å². The third kappa shape index (κ3) is 6.50. The molecule has 1 amide bonds. The number of rotatable bonds is 9. The summed E-state index contributed by atoms with van der Waals surface area (Å²) in [6, 6.07) is 17.2. The summed E-state index contributed by atoms with van der Waals surface area (Å²) in [4.78, 5) is 11.6. The number of benzene rings is 2. The Kier molecular flexibility index (Phi) is 7.10. The van der Waals surface area contributed by atoms with Crippen molar-refractivity contribution in [3.8, 4) is 11.5 Å². The molecule has 0 aliphatic carbocycles. The minimum atomic E-state index is -0.147. The first-order valence-corrected chi connectivity index (χ1v) is 7.43. The molecule has 0 aliphatic rings. The van der Waals surface area contributed by atoms with Gasteiger partial charge in [0.2, 0.25) is 5.91 Å². The van der Waals surface area contributed by atoms with Crippen LogP contribution in [0.3, 0.4) is 0 Å². The minimum Gasteiger partial charge on any atom is -0.457 e. The molecule has 0 aromatic heterocycles. The lowest BCUT2D eigenvalue weighted by atomic mass is 10.2. The molecule has 0 fully saturated rings. The fourth-order valence-corrected chi connectivity index (χ4v) is 1.86. The predicted molar refractivity (Wildman–Crippen MR) is 87.5 cm³/mol. The lowest BCUT2D eigenvalue weighted by molar-refractivity contribution is -0.126. The molecule has 0 bridgehead atoms. The van der Waals surface area contributed by atoms with Crippen molar-refractivity contribution < 1.29 is 19.0 Å². The molecule has 5 nitrogen and oxygen atoms in total. The van der Waals surface area contributed by atoms with E-state index in [1.165, 1.54) is 0 Å². The summed E-state index contributed by atoms with van der Waals surface area (Å²) >= 11 is 0. The Hall–Kier alpha value is -2.37. The fourth-order valence-electron chi connectivity index (χ4n) is 1.86. The van der Waals surface area contributed by atoms with Gasteiger partial charge in [-0.2, -0.15) is 0 Å². The molecule has 0 saturated carbocycles. The molecular weight excluding hydrogens is 294 g/mol. The van der Waals surface area contributed by atoms with Crippen molar-refractivity contribution in [2.75, 3.05) is 26.9 Å². The largest absolute Gasteiger partial charge is 0.457 e. The Labute approximate surface area is 136 Å². The topological polar surface area (TPSA) is 56.8 Å². The van der Waals surface area contributed by atoms with E-state index in [0.29, 0.717) is 19.8 Å². The van der Waals surface area contributed by atoms with Gasteiger partial charge >= 0.3 is 0 Å². The van der Waals surface area contributed by atoms with E-state index in [-0.39, 0.29) is 12.5 Å². The first-order chi connectivity index (χ1) is 11.3. The smallest absolute Gasteiger partial charge is 0.246 e. The maximum absolute atomic E-state index is 11.6. The van der Waals surface area contributed by atoms with E-state index >= 15 is 0 Å². The highest BCUT2D eigenvalue weighted by atomic mass is 16.5. The molecule has 0 heterocycles. The molecule has 0 unspecified atom stereocenters. The monoisotopic (exact) mass is 315 g/mol. The Bertz CT molecular complexity index is 584. The third-order valence-corrected chi connectivity index (χ3v) is 3.06. The quantitative estimate of drug-likeness (QED) is 0.723. The van der Waals surface area contributed by atoms with Crippen LogP contribution in [-0.4, -0.2) is 32.8 Å². The van der Waals surface area contributed by atoms with Crippen LogP contribution in [0.5, 0.6) is 11.5 Å². The number of carbonyl (C=O) groups excluding carboxylic acids is 1. The second kappa shape index (κ2) is 9.61. The Morgan fingerprint density at radius 2 is 1.65 bits per heavy atom. The number of ether oxygens (including phenoxy) is 3. The maximum atomic E-state index is 11.6. The number of nitrogens with one attached hydrogen (secondary N) is 1. The summed E-state index contributed by atoms with van der Waals surface area (Å²) in [6.07, 6.45) is 0. The molecule has 2 aromatic rings. The Morgan fingerprint density at radius 1 is 0.957 bits per heavy atom. The average molecular weight is 315 g/mol. The van der Waals surface area contributed by atoms with Gasteiger partial charge in [0.05, 0.1) is 13.2 Å². The van der Waals surface area contributed by atoms with Crippen molar-refractivity contribution >= 4 is 5.91 Å². The molecule has 2 rings (SSSR count). The molecular formula is C18H21NO4. The molecule has 0 radical (unpaired) electrons. The normalized spacial score (nSPS) is 10.3. The third-order valence-electron chi connectivity index (χ3n) is 3.06. The Morgan fingerprint density at radius 3 is 2.35 bits per heavy atom. The van der Waals surface area contributed by atoms with Gasteiger partial charge < -0.3 is 19.5 Å². The van der Waals surface area contributed by atoms with Gasteiger partial charge in [-0.25, -0.2) is 0 Å². The van der Waals surface area contributed by atoms with Crippen molar-refractivity contribution in [1.29, 1.82) is 0 Å². The van der Waals surface area contributed by atoms with Crippen LogP contribution in [0.25, 0.3) is 0 Å². The van der Waals surface area contributed by atoms with E-state index in [4.69, 9.17) is 14.2 Å². The van der Waals surface area contributed by atoms with Crippen LogP contribution in [0.2, 0.25) is 0 Å². The van der Waals surface area contributed by atoms with Gasteiger partial charge in [0.1, 0.15) is 18.1 Å². The SMILES string of the molecule is COCCOCC(=O)NCc1ccc(Oc2ccccc2)cc1. The summed E-state index contributed by atoms with van der Waals surface area (Å²) in [5.74, 6) is 1.40. The first-order valence-electron chi connectivity index (χ1n) is 7.43. The summed E-state index contributed by atoms with van der Waals surface area (Å²) in [5.41, 5.74) is 0.996. The van der Waals surface area contributed by atoms with E-state index in [1.54, 1.807) is 7.11 Å². The van der Waals surface area contributed by atoms with Gasteiger partial charge in [0, 0.05) is 13.7 Å². The standard InChI is InChI=1S/C18H21NO4/c1-21-11-12-22-14-18(20)19-13-15-7-9-17(10-8-15)23-16-5-3-2-4-6-16/h2-10H,11-14H2,1H3,(H,19,20). The zero-order valence-electron chi connectivity index (χ0n) is 13.2. The lowest BCUT2D eigenvalue weighted by Crippen LogP contribution is -2.27. The van der Waals surface area contributed by atoms with Gasteiger partial charge in [0.15, 0.2) is 0 Å². The molecule has 23 heavy (non-hydrogen) atoms. The Balaban J connectivity index is 1.73. The van der Waals surface area contributed by atoms with Crippen LogP contribution >= 0.6 is 0 Å². The number of para-hydroxylation sites is 1. The molecule has 1 N–H and O–H groups in total. The van der Waals surface area contributed by atoms with Crippen molar-refractivity contribution in [1.82, 2.24) is 5.32 Å². The summed E-state index contributed by atoms with van der Waals surface area (Å²) in [5, 5.41) is 2.80. The number of methoxy groups -OCH3 is 1. The summed E-state index contributed by atoms with van der Waals surface area (Å²) in [7, 11) is 1.59. The second-order valence-electron chi connectivity index (χ2n) is 4.88. The minimum absolute atomic E-state index is 0.0402. The van der Waals surface area contributed by atoms with E-state index < -0.39 is 0 Å². The van der Waals surface area contributed by atoms with Crippen molar-refractivity contribution in [3.63, 3.8) is 0 Å². The van der Waals surface area contributed by atoms with E-state index in [2.05, 4.69) is 5.32 Å². The zero-order chi connectivity index (χ0) is 16.3. The van der Waals surface area contributed by atoms with Gasteiger partial charge in [-0.05, 0) is 29.8 Å². The highest BCUT2D eigenvalue weighted by Gasteiger charge is 2.02. The molecule has 2 aromatic carbocycles. The molecule has 122 valence electrons. The van der Waals surface area contributed by atoms with E-state index in [0.717, 1.165) is 17.1 Å². The van der Waals surface area contributed by atoms with Crippen LogP contribution in [0.4, 0.5) is 0 Å². The molecule has 0 aliphatic heterocycles. The maximum Gasteiger partial charge on any atom is 0.246 e.